The number of urea groups is 1. The van der Waals surface area contributed by atoms with E-state index in [9.17, 15) is 9.59 Å². The lowest BCUT2D eigenvalue weighted by atomic mass is 10.1. The summed E-state index contributed by atoms with van der Waals surface area (Å²) >= 11 is 0. The first-order valence-corrected chi connectivity index (χ1v) is 9.09. The smallest absolute Gasteiger partial charge is 0.335 e. The fourth-order valence-corrected chi connectivity index (χ4v) is 2.79. The number of ether oxygens (including phenoxy) is 2. The molecule has 0 spiro atoms. The fourth-order valence-electron chi connectivity index (χ4n) is 2.79. The molecule has 1 aliphatic heterocycles. The van der Waals surface area contributed by atoms with E-state index in [1.54, 1.807) is 24.5 Å². The first kappa shape index (κ1) is 19.6. The second-order valence-corrected chi connectivity index (χ2v) is 6.56. The third-order valence-electron chi connectivity index (χ3n) is 4.46. The van der Waals surface area contributed by atoms with Crippen LogP contribution in [0.3, 0.4) is 0 Å². The predicted octanol–water partition coefficient (Wildman–Crippen LogP) is 2.19. The van der Waals surface area contributed by atoms with Gasteiger partial charge >= 0.3 is 12.0 Å². The molecule has 2 amide bonds. The molecule has 8 nitrogen and oxygen atoms in total. The fraction of sp³-hybridized carbons (Fsp3) is 0.350. The molecule has 1 atom stereocenters. The van der Waals surface area contributed by atoms with Gasteiger partial charge in [-0.2, -0.15) is 0 Å². The third kappa shape index (κ3) is 5.68. The van der Waals surface area contributed by atoms with E-state index in [1.807, 2.05) is 6.07 Å². The van der Waals surface area contributed by atoms with Crippen molar-refractivity contribution >= 4 is 12.0 Å². The molecule has 8 heteroatoms. The highest BCUT2D eigenvalue weighted by Crippen LogP contribution is 2.19. The van der Waals surface area contributed by atoms with Crippen LogP contribution in [0.2, 0.25) is 0 Å². The minimum atomic E-state index is -0.979. The van der Waals surface area contributed by atoms with E-state index in [-0.39, 0.29) is 11.6 Å². The number of carbonyl (C=O) groups excluding carboxylic acids is 1. The zero-order valence-electron chi connectivity index (χ0n) is 15.4. The molecule has 2 heterocycles. The summed E-state index contributed by atoms with van der Waals surface area (Å²) in [5, 5.41) is 14.4. The summed E-state index contributed by atoms with van der Waals surface area (Å²) in [6.45, 7) is 2.66. The van der Waals surface area contributed by atoms with Crippen LogP contribution in [0.5, 0.6) is 5.75 Å². The maximum absolute atomic E-state index is 12.1. The summed E-state index contributed by atoms with van der Waals surface area (Å²) in [4.78, 5) is 27.0. The summed E-state index contributed by atoms with van der Waals surface area (Å²) < 4.78 is 11.2. The Bertz CT molecular complexity index is 804. The SMILES string of the molecule is O=C(NCc1ccc(C(=O)O)cc1)NCc1ccncc1OCC1CCOC1. The lowest BCUT2D eigenvalue weighted by molar-refractivity contribution is 0.0697. The van der Waals surface area contributed by atoms with Crippen molar-refractivity contribution in [3.8, 4) is 5.75 Å². The molecular formula is C20H23N3O5. The standard InChI is InChI=1S/C20H23N3O5/c24-19(25)16-3-1-14(2-4-16)9-22-20(26)23-10-17-5-7-21-11-18(17)28-13-15-6-8-27-12-15/h1-5,7,11,15H,6,8-10,12-13H2,(H,24,25)(H2,22,23,26). The molecule has 1 saturated heterocycles. The van der Waals surface area contributed by atoms with Crippen LogP contribution in [0.4, 0.5) is 4.79 Å². The Morgan fingerprint density at radius 1 is 1.18 bits per heavy atom. The van der Waals surface area contributed by atoms with Gasteiger partial charge in [0.25, 0.3) is 0 Å². The van der Waals surface area contributed by atoms with Crippen LogP contribution in [0.15, 0.2) is 42.7 Å². The number of benzene rings is 1. The van der Waals surface area contributed by atoms with Crippen LogP contribution in [0.25, 0.3) is 0 Å². The number of carboxylic acid groups (broad SMARTS) is 1. The monoisotopic (exact) mass is 385 g/mol. The van der Waals surface area contributed by atoms with E-state index in [4.69, 9.17) is 14.6 Å². The Hall–Kier alpha value is -3.13. The molecule has 1 aromatic heterocycles. The number of aromatic carboxylic acids is 1. The van der Waals surface area contributed by atoms with Gasteiger partial charge in [-0.1, -0.05) is 12.1 Å². The van der Waals surface area contributed by atoms with Gasteiger partial charge in [0.15, 0.2) is 0 Å². The summed E-state index contributed by atoms with van der Waals surface area (Å²) in [5.41, 5.74) is 1.87. The first-order valence-electron chi connectivity index (χ1n) is 9.09. The average Bonchev–Trinajstić information content (AvgIpc) is 3.23. The van der Waals surface area contributed by atoms with Crippen LogP contribution >= 0.6 is 0 Å². The van der Waals surface area contributed by atoms with Gasteiger partial charge in [0.2, 0.25) is 0 Å². The molecule has 0 aliphatic carbocycles. The molecule has 0 radical (unpaired) electrons. The van der Waals surface area contributed by atoms with Gasteiger partial charge in [-0.25, -0.2) is 9.59 Å². The Morgan fingerprint density at radius 2 is 1.96 bits per heavy atom. The number of carbonyl (C=O) groups is 2. The zero-order chi connectivity index (χ0) is 19.8. The predicted molar refractivity (Wildman–Crippen MR) is 101 cm³/mol. The lowest BCUT2D eigenvalue weighted by Gasteiger charge is -2.14. The van der Waals surface area contributed by atoms with Crippen LogP contribution in [-0.2, 0) is 17.8 Å². The van der Waals surface area contributed by atoms with Crippen LogP contribution in [0.1, 0.15) is 27.9 Å². The average molecular weight is 385 g/mol. The van der Waals surface area contributed by atoms with Gasteiger partial charge in [-0.3, -0.25) is 4.98 Å². The number of nitrogens with one attached hydrogen (secondary N) is 2. The van der Waals surface area contributed by atoms with Crippen molar-refractivity contribution in [2.45, 2.75) is 19.5 Å². The second-order valence-electron chi connectivity index (χ2n) is 6.56. The maximum atomic E-state index is 12.1. The Morgan fingerprint density at radius 3 is 2.68 bits per heavy atom. The molecule has 3 N–H and O–H groups in total. The van der Waals surface area contributed by atoms with Crippen molar-refractivity contribution in [3.05, 3.63) is 59.4 Å². The van der Waals surface area contributed by atoms with Gasteiger partial charge in [0, 0.05) is 37.4 Å². The number of pyridine rings is 1. The van der Waals surface area contributed by atoms with Crippen molar-refractivity contribution < 1.29 is 24.2 Å². The highest BCUT2D eigenvalue weighted by atomic mass is 16.5. The number of aromatic nitrogens is 1. The van der Waals surface area contributed by atoms with Gasteiger partial charge in [-0.15, -0.1) is 0 Å². The van der Waals surface area contributed by atoms with Crippen molar-refractivity contribution in [1.82, 2.24) is 15.6 Å². The normalized spacial score (nSPS) is 15.8. The van der Waals surface area contributed by atoms with Crippen molar-refractivity contribution in [1.29, 1.82) is 0 Å². The zero-order valence-corrected chi connectivity index (χ0v) is 15.4. The molecule has 1 aliphatic rings. The molecule has 148 valence electrons. The summed E-state index contributed by atoms with van der Waals surface area (Å²) in [6, 6.07) is 7.84. The molecule has 0 bridgehead atoms. The van der Waals surface area contributed by atoms with Crippen LogP contribution in [-0.4, -0.2) is 41.9 Å². The lowest BCUT2D eigenvalue weighted by Crippen LogP contribution is -2.34. The van der Waals surface area contributed by atoms with Crippen LogP contribution < -0.4 is 15.4 Å². The quantitative estimate of drug-likeness (QED) is 0.643. The van der Waals surface area contributed by atoms with Gasteiger partial charge in [0.1, 0.15) is 5.75 Å². The van der Waals surface area contributed by atoms with E-state index in [0.29, 0.717) is 38.0 Å². The molecule has 28 heavy (non-hydrogen) atoms. The highest BCUT2D eigenvalue weighted by molar-refractivity contribution is 5.87. The van der Waals surface area contributed by atoms with Crippen LogP contribution in [0, 0.1) is 5.92 Å². The van der Waals surface area contributed by atoms with Gasteiger partial charge in [0.05, 0.1) is 25.0 Å². The van der Waals surface area contributed by atoms with Gasteiger partial charge in [-0.05, 0) is 30.2 Å². The number of carboxylic acids is 1. The second kappa shape index (κ2) is 9.70. The number of nitrogens with zero attached hydrogens (tertiary/aromatic N) is 1. The molecule has 1 aromatic carbocycles. The van der Waals surface area contributed by atoms with Gasteiger partial charge < -0.3 is 25.2 Å². The van der Waals surface area contributed by atoms with E-state index in [0.717, 1.165) is 24.2 Å². The highest BCUT2D eigenvalue weighted by Gasteiger charge is 2.17. The summed E-state index contributed by atoms with van der Waals surface area (Å²) in [7, 11) is 0. The topological polar surface area (TPSA) is 110 Å². The van der Waals surface area contributed by atoms with Crippen molar-refractivity contribution in [3.63, 3.8) is 0 Å². The minimum absolute atomic E-state index is 0.211. The molecule has 2 aromatic rings. The number of rotatable bonds is 8. The molecule has 1 unspecified atom stereocenters. The number of amides is 2. The third-order valence-corrected chi connectivity index (χ3v) is 4.46. The molecule has 3 rings (SSSR count). The maximum Gasteiger partial charge on any atom is 0.335 e. The summed E-state index contributed by atoms with van der Waals surface area (Å²) in [6.07, 6.45) is 4.29. The van der Waals surface area contributed by atoms with E-state index in [2.05, 4.69) is 15.6 Å². The summed E-state index contributed by atoms with van der Waals surface area (Å²) in [5.74, 6) is 0.0591. The van der Waals surface area contributed by atoms with E-state index in [1.165, 1.54) is 12.1 Å². The van der Waals surface area contributed by atoms with E-state index < -0.39 is 5.97 Å². The molecular weight excluding hydrogens is 362 g/mol. The number of hydrogen-bond acceptors (Lipinski definition) is 5. The van der Waals surface area contributed by atoms with Crippen molar-refractivity contribution in [2.75, 3.05) is 19.8 Å². The Labute approximate surface area is 162 Å². The largest absolute Gasteiger partial charge is 0.491 e. The first-order chi connectivity index (χ1) is 13.6. The minimum Gasteiger partial charge on any atom is -0.491 e. The Kier molecular flexibility index (Phi) is 6.80. The molecule has 0 saturated carbocycles. The molecule has 1 fully saturated rings. The Balaban J connectivity index is 1.45. The van der Waals surface area contributed by atoms with Crippen molar-refractivity contribution in [2.24, 2.45) is 5.92 Å². The van der Waals surface area contributed by atoms with E-state index >= 15 is 0 Å². The number of hydrogen-bond donors (Lipinski definition) is 3.